The van der Waals surface area contributed by atoms with Crippen molar-refractivity contribution in [2.24, 2.45) is 11.7 Å². The van der Waals surface area contributed by atoms with Crippen LogP contribution in [0.25, 0.3) is 0 Å². The normalized spacial score (nSPS) is 12.2. The van der Waals surface area contributed by atoms with E-state index in [1.807, 2.05) is 6.92 Å². The van der Waals surface area contributed by atoms with Gasteiger partial charge in [0.2, 0.25) is 5.91 Å². The third-order valence-corrected chi connectivity index (χ3v) is 2.94. The molecule has 1 aromatic rings. The van der Waals surface area contributed by atoms with E-state index in [0.29, 0.717) is 18.7 Å². The molecular weight excluding hydrogens is 219 g/mol. The minimum Gasteiger partial charge on any atom is -0.330 e. The summed E-state index contributed by atoms with van der Waals surface area (Å²) in [6, 6.07) is 6.01. The Morgan fingerprint density at radius 3 is 2.76 bits per heavy atom. The lowest BCUT2D eigenvalue weighted by atomic mass is 10.0. The number of nitrogens with two attached hydrogens (primary N) is 1. The van der Waals surface area contributed by atoms with Gasteiger partial charge in [0.05, 0.1) is 0 Å². The Labute approximate surface area is 101 Å². The van der Waals surface area contributed by atoms with E-state index in [0.717, 1.165) is 6.42 Å². The first-order chi connectivity index (χ1) is 8.08. The predicted molar refractivity (Wildman–Crippen MR) is 67.3 cm³/mol. The van der Waals surface area contributed by atoms with Gasteiger partial charge in [-0.05, 0) is 30.7 Å². The second-order valence-electron chi connectivity index (χ2n) is 4.15. The molecule has 0 aromatic heterocycles. The molecule has 1 amide bonds. The Hall–Kier alpha value is -1.42. The van der Waals surface area contributed by atoms with Gasteiger partial charge in [-0.25, -0.2) is 4.39 Å². The summed E-state index contributed by atoms with van der Waals surface area (Å²) < 4.78 is 13.0. The zero-order valence-electron chi connectivity index (χ0n) is 10.3. The summed E-state index contributed by atoms with van der Waals surface area (Å²) in [5, 5.41) is 0. The minimum atomic E-state index is -0.340. The van der Waals surface area contributed by atoms with E-state index in [1.165, 1.54) is 17.0 Å². The average Bonchev–Trinajstić information content (AvgIpc) is 2.34. The van der Waals surface area contributed by atoms with Gasteiger partial charge < -0.3 is 10.6 Å². The van der Waals surface area contributed by atoms with Crippen molar-refractivity contribution in [2.75, 3.05) is 18.5 Å². The summed E-state index contributed by atoms with van der Waals surface area (Å²) in [5.41, 5.74) is 6.13. The number of amides is 1. The van der Waals surface area contributed by atoms with Crippen LogP contribution in [0.15, 0.2) is 24.3 Å². The lowest BCUT2D eigenvalue weighted by Crippen LogP contribution is -2.30. The molecule has 0 aliphatic rings. The largest absolute Gasteiger partial charge is 0.330 e. The average molecular weight is 238 g/mol. The highest BCUT2D eigenvalue weighted by atomic mass is 19.1. The Balaban J connectivity index is 2.69. The molecule has 3 nitrogen and oxygen atoms in total. The Kier molecular flexibility index (Phi) is 5.10. The van der Waals surface area contributed by atoms with E-state index in [1.54, 1.807) is 19.2 Å². The number of benzene rings is 1. The zero-order chi connectivity index (χ0) is 12.8. The van der Waals surface area contributed by atoms with Crippen LogP contribution in [-0.4, -0.2) is 19.5 Å². The first-order valence-electron chi connectivity index (χ1n) is 5.80. The maximum atomic E-state index is 13.0. The van der Waals surface area contributed by atoms with Crippen molar-refractivity contribution >= 4 is 11.6 Å². The number of halogens is 1. The van der Waals surface area contributed by atoms with Gasteiger partial charge in [0.25, 0.3) is 0 Å². The molecule has 17 heavy (non-hydrogen) atoms. The molecular formula is C13H19FN2O. The standard InChI is InChI=1S/C13H19FN2O/c1-3-10(9-15)7-13(17)16(2)12-6-4-5-11(14)8-12/h4-6,8,10H,3,7,9,15H2,1-2H3. The molecule has 0 heterocycles. The van der Waals surface area contributed by atoms with E-state index < -0.39 is 0 Å². The highest BCUT2D eigenvalue weighted by molar-refractivity contribution is 5.92. The molecule has 94 valence electrons. The van der Waals surface area contributed by atoms with Gasteiger partial charge in [-0.1, -0.05) is 19.4 Å². The van der Waals surface area contributed by atoms with Crippen LogP contribution >= 0.6 is 0 Å². The number of hydrogen-bond donors (Lipinski definition) is 1. The number of nitrogens with zero attached hydrogens (tertiary/aromatic N) is 1. The van der Waals surface area contributed by atoms with Crippen LogP contribution in [0.5, 0.6) is 0 Å². The first kappa shape index (κ1) is 13.6. The van der Waals surface area contributed by atoms with Crippen molar-refractivity contribution < 1.29 is 9.18 Å². The number of carbonyl (C=O) groups is 1. The topological polar surface area (TPSA) is 46.3 Å². The molecule has 1 unspecified atom stereocenters. The van der Waals surface area contributed by atoms with Gasteiger partial charge in [0.15, 0.2) is 0 Å². The molecule has 0 aliphatic carbocycles. The van der Waals surface area contributed by atoms with Crippen molar-refractivity contribution in [1.29, 1.82) is 0 Å². The van der Waals surface area contributed by atoms with Gasteiger partial charge in [-0.2, -0.15) is 0 Å². The van der Waals surface area contributed by atoms with Crippen molar-refractivity contribution in [3.05, 3.63) is 30.1 Å². The maximum Gasteiger partial charge on any atom is 0.227 e. The van der Waals surface area contributed by atoms with Crippen LogP contribution in [0, 0.1) is 11.7 Å². The quantitative estimate of drug-likeness (QED) is 0.854. The lowest BCUT2D eigenvalue weighted by Gasteiger charge is -2.20. The highest BCUT2D eigenvalue weighted by Gasteiger charge is 2.15. The van der Waals surface area contributed by atoms with Crippen molar-refractivity contribution in [1.82, 2.24) is 0 Å². The number of carbonyl (C=O) groups excluding carboxylic acids is 1. The smallest absolute Gasteiger partial charge is 0.227 e. The van der Waals surface area contributed by atoms with E-state index >= 15 is 0 Å². The zero-order valence-corrected chi connectivity index (χ0v) is 10.3. The molecule has 0 fully saturated rings. The van der Waals surface area contributed by atoms with Gasteiger partial charge in [-0.3, -0.25) is 4.79 Å². The van der Waals surface area contributed by atoms with Gasteiger partial charge in [0, 0.05) is 19.2 Å². The van der Waals surface area contributed by atoms with Crippen LogP contribution in [0.4, 0.5) is 10.1 Å². The molecule has 1 aromatic carbocycles. The van der Waals surface area contributed by atoms with Gasteiger partial charge in [0.1, 0.15) is 5.82 Å². The number of hydrogen-bond acceptors (Lipinski definition) is 2. The summed E-state index contributed by atoms with van der Waals surface area (Å²) in [4.78, 5) is 13.4. The van der Waals surface area contributed by atoms with E-state index in [9.17, 15) is 9.18 Å². The summed E-state index contributed by atoms with van der Waals surface area (Å²) in [7, 11) is 1.65. The molecule has 0 saturated carbocycles. The SMILES string of the molecule is CCC(CN)CC(=O)N(C)c1cccc(F)c1. The molecule has 1 rings (SSSR count). The Morgan fingerprint density at radius 1 is 1.53 bits per heavy atom. The fourth-order valence-electron chi connectivity index (χ4n) is 1.61. The summed E-state index contributed by atoms with van der Waals surface area (Å²) in [6.45, 7) is 2.51. The molecule has 0 radical (unpaired) electrons. The number of rotatable bonds is 5. The van der Waals surface area contributed by atoms with Crippen molar-refractivity contribution in [3.8, 4) is 0 Å². The molecule has 2 N–H and O–H groups in total. The van der Waals surface area contributed by atoms with Crippen LogP contribution < -0.4 is 10.6 Å². The molecule has 0 spiro atoms. The second-order valence-corrected chi connectivity index (χ2v) is 4.15. The third kappa shape index (κ3) is 3.82. The van der Waals surface area contributed by atoms with Gasteiger partial charge >= 0.3 is 0 Å². The molecule has 0 aliphatic heterocycles. The van der Waals surface area contributed by atoms with Crippen LogP contribution in [0.2, 0.25) is 0 Å². The fourth-order valence-corrected chi connectivity index (χ4v) is 1.61. The molecule has 4 heteroatoms. The van der Waals surface area contributed by atoms with E-state index in [2.05, 4.69) is 0 Å². The monoisotopic (exact) mass is 238 g/mol. The highest BCUT2D eigenvalue weighted by Crippen LogP contribution is 2.17. The number of anilines is 1. The lowest BCUT2D eigenvalue weighted by molar-refractivity contribution is -0.119. The van der Waals surface area contributed by atoms with Crippen LogP contribution in [-0.2, 0) is 4.79 Å². The Morgan fingerprint density at radius 2 is 2.24 bits per heavy atom. The Bertz CT molecular complexity index is 377. The van der Waals surface area contributed by atoms with E-state index in [-0.39, 0.29) is 17.6 Å². The fraction of sp³-hybridized carbons (Fsp3) is 0.462. The third-order valence-electron chi connectivity index (χ3n) is 2.94. The summed E-state index contributed by atoms with van der Waals surface area (Å²) in [5.74, 6) is -0.181. The summed E-state index contributed by atoms with van der Waals surface area (Å²) in [6.07, 6.45) is 1.28. The van der Waals surface area contributed by atoms with Crippen molar-refractivity contribution in [3.63, 3.8) is 0 Å². The van der Waals surface area contributed by atoms with E-state index in [4.69, 9.17) is 5.73 Å². The van der Waals surface area contributed by atoms with Gasteiger partial charge in [-0.15, -0.1) is 0 Å². The maximum absolute atomic E-state index is 13.0. The molecule has 0 bridgehead atoms. The van der Waals surface area contributed by atoms with Crippen LogP contribution in [0.1, 0.15) is 19.8 Å². The predicted octanol–water partition coefficient (Wildman–Crippen LogP) is 2.16. The first-order valence-corrected chi connectivity index (χ1v) is 5.80. The minimum absolute atomic E-state index is 0.0344. The van der Waals surface area contributed by atoms with Crippen molar-refractivity contribution in [2.45, 2.75) is 19.8 Å². The summed E-state index contributed by atoms with van der Waals surface area (Å²) >= 11 is 0. The van der Waals surface area contributed by atoms with Crippen LogP contribution in [0.3, 0.4) is 0 Å². The molecule has 0 saturated heterocycles. The second kappa shape index (κ2) is 6.35. The molecule has 1 atom stereocenters.